The van der Waals surface area contributed by atoms with Crippen LogP contribution in [0.5, 0.6) is 5.75 Å². The van der Waals surface area contributed by atoms with Gasteiger partial charge in [0.1, 0.15) is 5.75 Å². The molecule has 4 atom stereocenters. The van der Waals surface area contributed by atoms with Crippen LogP contribution in [0.4, 0.5) is 0 Å². The second kappa shape index (κ2) is 12.3. The van der Waals surface area contributed by atoms with E-state index in [1.807, 2.05) is 23.1 Å². The number of carbonyl (C=O) groups excluding carboxylic acids is 3. The van der Waals surface area contributed by atoms with E-state index in [2.05, 4.69) is 38.3 Å². The maximum Gasteiger partial charge on any atom is 0.303 e. The largest absolute Gasteiger partial charge is 0.497 e. The fourth-order valence-corrected chi connectivity index (χ4v) is 10.2. The number of ether oxygens (including phenoxy) is 1. The molecule has 3 aromatic rings. The highest BCUT2D eigenvalue weighted by Gasteiger charge is 2.65. The Morgan fingerprint density at radius 3 is 2.31 bits per heavy atom. The number of carbonyl (C=O) groups is 3. The summed E-state index contributed by atoms with van der Waals surface area (Å²) >= 11 is 0. The second-order valence-corrected chi connectivity index (χ2v) is 17.5. The number of piperazine rings is 2. The average Bonchev–Trinajstić information content (AvgIpc) is 3.77. The van der Waals surface area contributed by atoms with E-state index in [4.69, 9.17) is 4.74 Å². The molecule has 5 aliphatic rings. The Bertz CT molecular complexity index is 2040. The molecule has 12 nitrogen and oxygen atoms in total. The molecule has 4 heterocycles. The maximum atomic E-state index is 15.3. The van der Waals surface area contributed by atoms with Crippen LogP contribution in [0, 0.1) is 5.41 Å². The number of benzene rings is 2. The van der Waals surface area contributed by atoms with Gasteiger partial charge in [0.05, 0.1) is 30.3 Å². The molecule has 2 saturated carbocycles. The molecule has 13 heteroatoms. The molecule has 51 heavy (non-hydrogen) atoms. The van der Waals surface area contributed by atoms with Crippen molar-refractivity contribution in [3.8, 4) is 17.0 Å². The third kappa shape index (κ3) is 5.54. The highest BCUT2D eigenvalue weighted by Crippen LogP contribution is 2.66. The Labute approximate surface area is 299 Å². The second-order valence-electron chi connectivity index (χ2n) is 15.7. The van der Waals surface area contributed by atoms with Crippen molar-refractivity contribution >= 4 is 38.8 Å². The van der Waals surface area contributed by atoms with E-state index in [-0.39, 0.29) is 35.4 Å². The first-order chi connectivity index (χ1) is 24.3. The minimum atomic E-state index is -4.00. The molecule has 2 aromatic carbocycles. The van der Waals surface area contributed by atoms with E-state index in [0.29, 0.717) is 45.1 Å². The molecule has 8 rings (SSSR count). The monoisotopic (exact) mass is 716 g/mol. The summed E-state index contributed by atoms with van der Waals surface area (Å²) < 4.78 is 36.5. The van der Waals surface area contributed by atoms with Crippen LogP contribution in [-0.4, -0.2) is 116 Å². The van der Waals surface area contributed by atoms with Crippen molar-refractivity contribution in [1.29, 1.82) is 0 Å². The third-order valence-electron chi connectivity index (χ3n) is 12.3. The molecular formula is C38H48N6O6S. The molecular weight excluding hydrogens is 669 g/mol. The highest BCUT2D eigenvalue weighted by atomic mass is 32.2. The van der Waals surface area contributed by atoms with Crippen molar-refractivity contribution in [3.63, 3.8) is 0 Å². The minimum absolute atomic E-state index is 0.0229. The molecule has 0 spiro atoms. The van der Waals surface area contributed by atoms with E-state index >= 15 is 4.79 Å². The zero-order valence-corrected chi connectivity index (χ0v) is 31.0. The lowest BCUT2D eigenvalue weighted by Gasteiger charge is -2.53. The Morgan fingerprint density at radius 2 is 1.67 bits per heavy atom. The smallest absolute Gasteiger partial charge is 0.303 e. The van der Waals surface area contributed by atoms with Crippen LogP contribution >= 0.6 is 0 Å². The van der Waals surface area contributed by atoms with Crippen molar-refractivity contribution in [3.05, 3.63) is 53.1 Å². The number of fused-ring (bicyclic) bond motifs is 9. The van der Waals surface area contributed by atoms with E-state index < -0.39 is 21.5 Å². The van der Waals surface area contributed by atoms with Crippen molar-refractivity contribution in [2.24, 2.45) is 5.41 Å². The van der Waals surface area contributed by atoms with Gasteiger partial charge in [0.2, 0.25) is 11.8 Å². The van der Waals surface area contributed by atoms with Crippen LogP contribution in [0.2, 0.25) is 0 Å². The van der Waals surface area contributed by atoms with Crippen molar-refractivity contribution < 1.29 is 27.5 Å². The van der Waals surface area contributed by atoms with E-state index in [1.165, 1.54) is 26.1 Å². The van der Waals surface area contributed by atoms with Crippen LogP contribution < -0.4 is 9.46 Å². The Hall–Kier alpha value is -3.94. The van der Waals surface area contributed by atoms with Gasteiger partial charge in [-0.05, 0) is 73.7 Å². The standard InChI is InChI=1S/C38H48N6O6S/c1-23(45)42-20-26-18-41(4)19-27(21-42)44(26)37(47)38-17-32(38)31-16-28(50-5)12-14-29(31)35-34(24-9-7-6-8-10-24)30-13-11-25(15-33(30)43(35)22-38)36(46)39-51(48,49)40(2)3/h11-16,24,26-27,32H,6-10,17-22H2,1-5H3,(H,39,46)/t26?,27?,32-,38-/m0/s1. The lowest BCUT2D eigenvalue weighted by Crippen LogP contribution is -2.70. The van der Waals surface area contributed by atoms with Crippen LogP contribution in [0.25, 0.3) is 22.2 Å². The summed E-state index contributed by atoms with van der Waals surface area (Å²) in [6.45, 7) is 4.49. The summed E-state index contributed by atoms with van der Waals surface area (Å²) in [6, 6.07) is 11.5. The molecule has 2 unspecified atom stereocenters. The van der Waals surface area contributed by atoms with Crippen molar-refractivity contribution in [1.82, 2.24) is 28.3 Å². The SMILES string of the molecule is COc1ccc2c(c1)[C@@H]1C[C@]1(C(=O)N1C3CN(C)CC1CN(C(C)=O)C3)Cn1c-2c(C2CCCCC2)c2ccc(C(=O)NS(=O)(=O)N(C)C)cc21. The number of nitrogens with zero attached hydrogens (tertiary/aromatic N) is 5. The molecule has 4 fully saturated rings. The lowest BCUT2D eigenvalue weighted by molar-refractivity contribution is -0.157. The molecule has 1 aromatic heterocycles. The molecule has 3 amide bonds. The van der Waals surface area contributed by atoms with Gasteiger partial charge in [0.25, 0.3) is 5.91 Å². The van der Waals surface area contributed by atoms with Crippen LogP contribution in [-0.2, 0) is 26.3 Å². The summed E-state index contributed by atoms with van der Waals surface area (Å²) in [5.74, 6) is 0.515. The zero-order valence-electron chi connectivity index (χ0n) is 30.1. The average molecular weight is 717 g/mol. The molecule has 2 aliphatic carbocycles. The molecule has 1 N–H and O–H groups in total. The van der Waals surface area contributed by atoms with Gasteiger partial charge in [-0.3, -0.25) is 14.4 Å². The van der Waals surface area contributed by atoms with E-state index in [1.54, 1.807) is 20.1 Å². The van der Waals surface area contributed by atoms with E-state index in [0.717, 1.165) is 63.5 Å². The molecule has 2 saturated heterocycles. The highest BCUT2D eigenvalue weighted by molar-refractivity contribution is 7.87. The normalized spacial score (nSPS) is 26.3. The Balaban J connectivity index is 1.30. The lowest BCUT2D eigenvalue weighted by atomic mass is 9.81. The fourth-order valence-electron chi connectivity index (χ4n) is 9.68. The van der Waals surface area contributed by atoms with Gasteiger partial charge in [-0.25, -0.2) is 4.72 Å². The first kappa shape index (κ1) is 34.2. The van der Waals surface area contributed by atoms with Gasteiger partial charge in [0, 0.05) is 81.7 Å². The van der Waals surface area contributed by atoms with Gasteiger partial charge in [-0.15, -0.1) is 0 Å². The summed E-state index contributed by atoms with van der Waals surface area (Å²) in [4.78, 5) is 47.5. The Morgan fingerprint density at radius 1 is 0.961 bits per heavy atom. The first-order valence-electron chi connectivity index (χ1n) is 18.2. The van der Waals surface area contributed by atoms with E-state index in [9.17, 15) is 18.0 Å². The summed E-state index contributed by atoms with van der Waals surface area (Å²) in [6.07, 6.45) is 6.30. The summed E-state index contributed by atoms with van der Waals surface area (Å²) in [5.41, 5.74) is 4.90. The van der Waals surface area contributed by atoms with Crippen molar-refractivity contribution in [2.45, 2.75) is 75.9 Å². The first-order valence-corrected chi connectivity index (χ1v) is 19.6. The van der Waals surface area contributed by atoms with Gasteiger partial charge in [-0.2, -0.15) is 12.7 Å². The van der Waals surface area contributed by atoms with Crippen molar-refractivity contribution in [2.75, 3.05) is 54.4 Å². The number of amides is 3. The van der Waals surface area contributed by atoms with Crippen LogP contribution in [0.3, 0.4) is 0 Å². The fraction of sp³-hybridized carbons (Fsp3) is 0.553. The molecule has 2 bridgehead atoms. The van der Waals surface area contributed by atoms with Crippen LogP contribution in [0.15, 0.2) is 36.4 Å². The number of hydrogen-bond donors (Lipinski definition) is 1. The number of likely N-dealkylation sites (N-methyl/N-ethyl adjacent to an activating group) is 1. The van der Waals surface area contributed by atoms with Gasteiger partial charge >= 0.3 is 10.2 Å². The molecule has 272 valence electrons. The topological polar surface area (TPSA) is 124 Å². The predicted molar refractivity (Wildman–Crippen MR) is 194 cm³/mol. The quantitative estimate of drug-likeness (QED) is 0.412. The van der Waals surface area contributed by atoms with Gasteiger partial charge in [0.15, 0.2) is 0 Å². The summed E-state index contributed by atoms with van der Waals surface area (Å²) in [7, 11) is 2.51. The Kier molecular flexibility index (Phi) is 8.27. The van der Waals surface area contributed by atoms with Gasteiger partial charge in [-0.1, -0.05) is 25.3 Å². The van der Waals surface area contributed by atoms with Gasteiger partial charge < -0.3 is 24.0 Å². The third-order valence-corrected chi connectivity index (χ3v) is 13.7. The number of hydrogen-bond acceptors (Lipinski definition) is 7. The minimum Gasteiger partial charge on any atom is -0.497 e. The molecule has 0 radical (unpaired) electrons. The molecule has 3 aliphatic heterocycles. The number of methoxy groups -OCH3 is 1. The number of rotatable bonds is 6. The predicted octanol–water partition coefficient (Wildman–Crippen LogP) is 3.76. The summed E-state index contributed by atoms with van der Waals surface area (Å²) in [5, 5.41) is 1.04. The zero-order chi connectivity index (χ0) is 36.0. The number of aromatic nitrogens is 1. The maximum absolute atomic E-state index is 15.3. The number of nitrogens with one attached hydrogen (secondary N) is 1. The van der Waals surface area contributed by atoms with Crippen LogP contribution in [0.1, 0.15) is 78.8 Å².